The van der Waals surface area contributed by atoms with E-state index in [0.29, 0.717) is 18.8 Å². The van der Waals surface area contributed by atoms with Crippen LogP contribution in [-0.4, -0.2) is 40.8 Å². The highest BCUT2D eigenvalue weighted by Crippen LogP contribution is 2.27. The van der Waals surface area contributed by atoms with E-state index in [1.165, 1.54) is 5.56 Å². The molecule has 0 spiro atoms. The minimum atomic E-state index is 0.00362. The second-order valence-corrected chi connectivity index (χ2v) is 7.26. The van der Waals surface area contributed by atoms with Crippen LogP contribution in [0.1, 0.15) is 28.5 Å². The third-order valence-electron chi connectivity index (χ3n) is 4.60. The van der Waals surface area contributed by atoms with Gasteiger partial charge in [0.1, 0.15) is 5.76 Å². The molecule has 2 atom stereocenters. The maximum absolute atomic E-state index is 12.5. The van der Waals surface area contributed by atoms with Gasteiger partial charge in [0.25, 0.3) is 0 Å². The van der Waals surface area contributed by atoms with Crippen LogP contribution in [0, 0.1) is 13.8 Å². The zero-order valence-corrected chi connectivity index (χ0v) is 14.9. The molecule has 0 radical (unpaired) electrons. The molecule has 1 aromatic carbocycles. The quantitative estimate of drug-likeness (QED) is 0.901. The van der Waals surface area contributed by atoms with Gasteiger partial charge in [0, 0.05) is 36.4 Å². The number of nitrogens with zero attached hydrogens (tertiary/aromatic N) is 2. The van der Waals surface area contributed by atoms with Crippen molar-refractivity contribution in [1.29, 1.82) is 0 Å². The fourth-order valence-electron chi connectivity index (χ4n) is 3.13. The van der Waals surface area contributed by atoms with Crippen LogP contribution in [0.3, 0.4) is 0 Å². The van der Waals surface area contributed by atoms with E-state index in [2.05, 4.69) is 17.3 Å². The molecule has 1 fully saturated rings. The van der Waals surface area contributed by atoms with Crippen molar-refractivity contribution >= 4 is 17.7 Å². The van der Waals surface area contributed by atoms with Crippen molar-refractivity contribution < 1.29 is 9.32 Å². The van der Waals surface area contributed by atoms with Crippen molar-refractivity contribution in [2.75, 3.05) is 18.8 Å². The first-order valence-electron chi connectivity index (χ1n) is 8.14. The smallest absolute Gasteiger partial charge is 0.232 e. The first-order valence-corrected chi connectivity index (χ1v) is 9.29. The molecule has 1 saturated heterocycles. The van der Waals surface area contributed by atoms with Gasteiger partial charge in [0.15, 0.2) is 0 Å². The summed E-state index contributed by atoms with van der Waals surface area (Å²) in [5, 5.41) is 3.94. The van der Waals surface area contributed by atoms with Gasteiger partial charge in [-0.3, -0.25) is 4.79 Å². The fourth-order valence-corrected chi connectivity index (χ4v) is 4.20. The fraction of sp³-hybridized carbons (Fsp3) is 0.444. The van der Waals surface area contributed by atoms with Crippen LogP contribution < -0.4 is 5.73 Å². The standard InChI is InChI=1S/C18H23N3O2S/c1-12-16(13(2)23-20-12)10-24-11-18(22)21-8-15(17(19)9-21)14-6-4-3-5-7-14/h3-7,15,17H,8-11,19H2,1-2H3/t15-,17+/m0/s1. The summed E-state index contributed by atoms with van der Waals surface area (Å²) in [5.41, 5.74) is 9.47. The van der Waals surface area contributed by atoms with Crippen molar-refractivity contribution in [2.24, 2.45) is 5.73 Å². The van der Waals surface area contributed by atoms with Crippen LogP contribution in [0.4, 0.5) is 0 Å². The molecule has 3 rings (SSSR count). The number of aryl methyl sites for hydroxylation is 2. The van der Waals surface area contributed by atoms with E-state index in [4.69, 9.17) is 10.3 Å². The minimum Gasteiger partial charge on any atom is -0.361 e. The van der Waals surface area contributed by atoms with E-state index in [-0.39, 0.29) is 17.9 Å². The first kappa shape index (κ1) is 17.0. The number of hydrogen-bond donors (Lipinski definition) is 1. The zero-order valence-electron chi connectivity index (χ0n) is 14.1. The van der Waals surface area contributed by atoms with E-state index in [9.17, 15) is 4.79 Å². The number of amides is 1. The van der Waals surface area contributed by atoms with Crippen LogP contribution in [0.15, 0.2) is 34.9 Å². The second kappa shape index (κ2) is 7.40. The number of rotatable bonds is 5. The molecule has 24 heavy (non-hydrogen) atoms. The molecule has 1 aliphatic heterocycles. The van der Waals surface area contributed by atoms with E-state index >= 15 is 0 Å². The molecule has 0 unspecified atom stereocenters. The molecule has 128 valence electrons. The lowest BCUT2D eigenvalue weighted by Gasteiger charge is -2.16. The van der Waals surface area contributed by atoms with E-state index in [0.717, 1.165) is 22.8 Å². The van der Waals surface area contributed by atoms with Crippen LogP contribution >= 0.6 is 11.8 Å². The van der Waals surface area contributed by atoms with Crippen LogP contribution in [0.5, 0.6) is 0 Å². The number of carbonyl (C=O) groups excluding carboxylic acids is 1. The molecule has 5 nitrogen and oxygen atoms in total. The molecule has 2 heterocycles. The summed E-state index contributed by atoms with van der Waals surface area (Å²) in [7, 11) is 0. The Labute approximate surface area is 146 Å². The van der Waals surface area contributed by atoms with Gasteiger partial charge in [0.2, 0.25) is 5.91 Å². The summed E-state index contributed by atoms with van der Waals surface area (Å²) in [6.07, 6.45) is 0. The average Bonchev–Trinajstić information content (AvgIpc) is 3.12. The van der Waals surface area contributed by atoms with Gasteiger partial charge < -0.3 is 15.2 Å². The Kier molecular flexibility index (Phi) is 5.26. The zero-order chi connectivity index (χ0) is 17.1. The molecule has 0 bridgehead atoms. The third kappa shape index (κ3) is 3.65. The van der Waals surface area contributed by atoms with Crippen molar-refractivity contribution in [3.63, 3.8) is 0 Å². The summed E-state index contributed by atoms with van der Waals surface area (Å²) in [6.45, 7) is 5.17. The topological polar surface area (TPSA) is 72.4 Å². The Morgan fingerprint density at radius 3 is 2.75 bits per heavy atom. The lowest BCUT2D eigenvalue weighted by atomic mass is 9.95. The van der Waals surface area contributed by atoms with Crippen LogP contribution in [0.2, 0.25) is 0 Å². The maximum Gasteiger partial charge on any atom is 0.232 e. The van der Waals surface area contributed by atoms with E-state index in [1.807, 2.05) is 36.9 Å². The molecule has 0 saturated carbocycles. The van der Waals surface area contributed by atoms with Crippen LogP contribution in [0.25, 0.3) is 0 Å². The predicted octanol–water partition coefficient (Wildman–Crippen LogP) is 2.48. The molecule has 2 N–H and O–H groups in total. The molecular weight excluding hydrogens is 322 g/mol. The number of benzene rings is 1. The summed E-state index contributed by atoms with van der Waals surface area (Å²) < 4.78 is 5.15. The first-order chi connectivity index (χ1) is 11.6. The van der Waals surface area contributed by atoms with Gasteiger partial charge in [-0.1, -0.05) is 35.5 Å². The lowest BCUT2D eigenvalue weighted by Crippen LogP contribution is -2.33. The Balaban J connectivity index is 1.53. The predicted molar refractivity (Wildman–Crippen MR) is 95.9 cm³/mol. The Morgan fingerprint density at radius 2 is 2.08 bits per heavy atom. The number of hydrogen-bond acceptors (Lipinski definition) is 5. The van der Waals surface area contributed by atoms with Gasteiger partial charge in [0.05, 0.1) is 11.4 Å². The molecular formula is C18H23N3O2S. The van der Waals surface area contributed by atoms with Gasteiger partial charge in [-0.05, 0) is 19.4 Å². The van der Waals surface area contributed by atoms with Crippen LogP contribution in [-0.2, 0) is 10.5 Å². The summed E-state index contributed by atoms with van der Waals surface area (Å²) in [4.78, 5) is 14.4. The van der Waals surface area contributed by atoms with Crippen molar-refractivity contribution in [3.05, 3.63) is 52.9 Å². The second-order valence-electron chi connectivity index (χ2n) is 6.28. The molecule has 0 aliphatic carbocycles. The molecule has 1 aromatic heterocycles. The number of aromatic nitrogens is 1. The van der Waals surface area contributed by atoms with Gasteiger partial charge in [-0.2, -0.15) is 0 Å². The number of carbonyl (C=O) groups is 1. The van der Waals surface area contributed by atoms with Crippen molar-refractivity contribution in [3.8, 4) is 0 Å². The van der Waals surface area contributed by atoms with Gasteiger partial charge in [-0.25, -0.2) is 0 Å². The average molecular weight is 345 g/mol. The molecule has 1 amide bonds. The minimum absolute atomic E-state index is 0.00362. The number of nitrogens with two attached hydrogens (primary N) is 1. The van der Waals surface area contributed by atoms with Crippen molar-refractivity contribution in [2.45, 2.75) is 31.6 Å². The molecule has 6 heteroatoms. The van der Waals surface area contributed by atoms with E-state index < -0.39 is 0 Å². The largest absolute Gasteiger partial charge is 0.361 e. The lowest BCUT2D eigenvalue weighted by molar-refractivity contribution is -0.127. The number of thioether (sulfide) groups is 1. The maximum atomic E-state index is 12.5. The molecule has 1 aliphatic rings. The monoisotopic (exact) mass is 345 g/mol. The summed E-state index contributed by atoms with van der Waals surface area (Å²) in [5.74, 6) is 2.41. The van der Waals surface area contributed by atoms with Crippen molar-refractivity contribution in [1.82, 2.24) is 10.1 Å². The van der Waals surface area contributed by atoms with Gasteiger partial charge in [-0.15, -0.1) is 11.8 Å². The Bertz CT molecular complexity index is 682. The summed E-state index contributed by atoms with van der Waals surface area (Å²) in [6, 6.07) is 10.2. The highest BCUT2D eigenvalue weighted by molar-refractivity contribution is 7.99. The number of likely N-dealkylation sites (tertiary alicyclic amines) is 1. The highest BCUT2D eigenvalue weighted by Gasteiger charge is 2.33. The Hall–Kier alpha value is -1.79. The van der Waals surface area contributed by atoms with Gasteiger partial charge >= 0.3 is 0 Å². The third-order valence-corrected chi connectivity index (χ3v) is 5.54. The van der Waals surface area contributed by atoms with E-state index in [1.54, 1.807) is 11.8 Å². The normalized spacial score (nSPS) is 20.5. The SMILES string of the molecule is Cc1noc(C)c1CSCC(=O)N1C[C@@H](N)[C@H](c2ccccc2)C1. The summed E-state index contributed by atoms with van der Waals surface area (Å²) >= 11 is 1.60. The highest BCUT2D eigenvalue weighted by atomic mass is 32.2. The Morgan fingerprint density at radius 1 is 1.33 bits per heavy atom. The molecule has 2 aromatic rings.